The molecule has 1 heteroatoms. The zero-order valence-corrected chi connectivity index (χ0v) is 7.76. The van der Waals surface area contributed by atoms with Crippen molar-refractivity contribution in [2.75, 3.05) is 0 Å². The van der Waals surface area contributed by atoms with Gasteiger partial charge in [0.1, 0.15) is 5.75 Å². The fourth-order valence-corrected chi connectivity index (χ4v) is 1.28. The molecule has 0 unspecified atom stereocenters. The maximum absolute atomic E-state index is 9.47. The van der Waals surface area contributed by atoms with Gasteiger partial charge in [-0.3, -0.25) is 0 Å². The molecule has 0 amide bonds. The molecule has 0 spiro atoms. The first-order chi connectivity index (χ1) is 5.65. The summed E-state index contributed by atoms with van der Waals surface area (Å²) >= 11 is 0. The Bertz CT molecular complexity index is 288. The number of aromatic hydroxyl groups is 1. The second-order valence-electron chi connectivity index (χ2n) is 3.00. The molecule has 1 nitrogen and oxygen atoms in total. The van der Waals surface area contributed by atoms with Crippen LogP contribution in [0.4, 0.5) is 0 Å². The summed E-state index contributed by atoms with van der Waals surface area (Å²) in [5.74, 6) is 0.406. The summed E-state index contributed by atoms with van der Waals surface area (Å²) in [6.07, 6.45) is 4.02. The average Bonchev–Trinajstić information content (AvgIpc) is 2.01. The van der Waals surface area contributed by atoms with Gasteiger partial charge in [0.25, 0.3) is 0 Å². The highest BCUT2D eigenvalue weighted by atomic mass is 16.3. The smallest absolute Gasteiger partial charge is 0.121 e. The molecule has 0 saturated heterocycles. The van der Waals surface area contributed by atoms with Gasteiger partial charge in [0.15, 0.2) is 0 Å². The minimum Gasteiger partial charge on any atom is -0.507 e. The van der Waals surface area contributed by atoms with Gasteiger partial charge in [-0.15, -0.1) is 0 Å². The van der Waals surface area contributed by atoms with Crippen molar-refractivity contribution in [2.45, 2.75) is 20.8 Å². The number of phenols is 1. The van der Waals surface area contributed by atoms with E-state index in [1.165, 1.54) is 0 Å². The molecule has 1 aromatic rings. The van der Waals surface area contributed by atoms with E-state index in [1.54, 1.807) is 0 Å². The predicted octanol–water partition coefficient (Wildman–Crippen LogP) is 3.04. The second kappa shape index (κ2) is 3.44. The van der Waals surface area contributed by atoms with Crippen molar-refractivity contribution in [3.05, 3.63) is 34.9 Å². The van der Waals surface area contributed by atoms with Crippen LogP contribution in [0.3, 0.4) is 0 Å². The standard InChI is InChI=1S/C11H14O/c1-4-5-10-6-8(2)11(12)9(3)7-10/h4-7,12H,1-3H3. The highest BCUT2D eigenvalue weighted by Crippen LogP contribution is 2.23. The van der Waals surface area contributed by atoms with Crippen LogP contribution in [0, 0.1) is 13.8 Å². The first-order valence-corrected chi connectivity index (χ1v) is 4.08. The minimum atomic E-state index is 0.406. The van der Waals surface area contributed by atoms with Crippen LogP contribution in [0.5, 0.6) is 5.75 Å². The summed E-state index contributed by atoms with van der Waals surface area (Å²) in [4.78, 5) is 0. The van der Waals surface area contributed by atoms with Crippen molar-refractivity contribution in [3.8, 4) is 5.75 Å². The van der Waals surface area contributed by atoms with E-state index < -0.39 is 0 Å². The lowest BCUT2D eigenvalue weighted by molar-refractivity contribution is 0.467. The van der Waals surface area contributed by atoms with E-state index in [0.29, 0.717) is 5.75 Å². The number of rotatable bonds is 1. The van der Waals surface area contributed by atoms with Crippen LogP contribution in [0.15, 0.2) is 18.2 Å². The Hall–Kier alpha value is -1.24. The summed E-state index contributed by atoms with van der Waals surface area (Å²) < 4.78 is 0. The number of hydrogen-bond acceptors (Lipinski definition) is 1. The Morgan fingerprint density at radius 2 is 1.67 bits per heavy atom. The van der Waals surface area contributed by atoms with Crippen LogP contribution < -0.4 is 0 Å². The molecule has 64 valence electrons. The summed E-state index contributed by atoms with van der Waals surface area (Å²) in [5.41, 5.74) is 3.01. The average molecular weight is 162 g/mol. The number of allylic oxidation sites excluding steroid dienone is 1. The fourth-order valence-electron chi connectivity index (χ4n) is 1.28. The summed E-state index contributed by atoms with van der Waals surface area (Å²) in [6.45, 7) is 5.81. The van der Waals surface area contributed by atoms with Crippen molar-refractivity contribution >= 4 is 6.08 Å². The second-order valence-corrected chi connectivity index (χ2v) is 3.00. The Kier molecular flexibility index (Phi) is 2.54. The maximum atomic E-state index is 9.47. The van der Waals surface area contributed by atoms with Crippen LogP contribution >= 0.6 is 0 Å². The lowest BCUT2D eigenvalue weighted by atomic mass is 10.1. The Morgan fingerprint density at radius 1 is 1.17 bits per heavy atom. The maximum Gasteiger partial charge on any atom is 0.121 e. The van der Waals surface area contributed by atoms with Gasteiger partial charge in [-0.05, 0) is 49.6 Å². The summed E-state index contributed by atoms with van der Waals surface area (Å²) in [7, 11) is 0. The van der Waals surface area contributed by atoms with Crippen LogP contribution in [-0.2, 0) is 0 Å². The van der Waals surface area contributed by atoms with E-state index in [0.717, 1.165) is 16.7 Å². The third kappa shape index (κ3) is 1.67. The summed E-state index contributed by atoms with van der Waals surface area (Å²) in [6, 6.07) is 3.95. The van der Waals surface area contributed by atoms with Gasteiger partial charge in [0.05, 0.1) is 0 Å². The molecular weight excluding hydrogens is 148 g/mol. The van der Waals surface area contributed by atoms with Crippen molar-refractivity contribution < 1.29 is 5.11 Å². The largest absolute Gasteiger partial charge is 0.507 e. The lowest BCUT2D eigenvalue weighted by Gasteiger charge is -2.04. The van der Waals surface area contributed by atoms with E-state index in [1.807, 2.05) is 45.1 Å². The number of benzene rings is 1. The SMILES string of the molecule is CC=Cc1cc(C)c(O)c(C)c1. The van der Waals surface area contributed by atoms with Crippen molar-refractivity contribution in [1.29, 1.82) is 0 Å². The molecule has 0 saturated carbocycles. The van der Waals surface area contributed by atoms with Gasteiger partial charge in [-0.1, -0.05) is 12.2 Å². The lowest BCUT2D eigenvalue weighted by Crippen LogP contribution is -1.82. The van der Waals surface area contributed by atoms with Crippen molar-refractivity contribution in [1.82, 2.24) is 0 Å². The number of hydrogen-bond donors (Lipinski definition) is 1. The summed E-state index contributed by atoms with van der Waals surface area (Å²) in [5, 5.41) is 9.47. The molecule has 0 bridgehead atoms. The van der Waals surface area contributed by atoms with E-state index in [9.17, 15) is 5.11 Å². The molecular formula is C11H14O. The van der Waals surface area contributed by atoms with Crippen LogP contribution in [0.1, 0.15) is 23.6 Å². The molecule has 0 fully saturated rings. The van der Waals surface area contributed by atoms with Gasteiger partial charge in [-0.2, -0.15) is 0 Å². The number of aryl methyl sites for hydroxylation is 2. The quantitative estimate of drug-likeness (QED) is 0.673. The van der Waals surface area contributed by atoms with Crippen molar-refractivity contribution in [2.24, 2.45) is 0 Å². The molecule has 1 N–H and O–H groups in total. The van der Waals surface area contributed by atoms with E-state index >= 15 is 0 Å². The molecule has 0 aliphatic heterocycles. The predicted molar refractivity (Wildman–Crippen MR) is 52.3 cm³/mol. The Morgan fingerprint density at radius 3 is 2.08 bits per heavy atom. The minimum absolute atomic E-state index is 0.406. The number of phenolic OH excluding ortho intramolecular Hbond substituents is 1. The molecule has 0 radical (unpaired) electrons. The normalized spacial score (nSPS) is 10.9. The van der Waals surface area contributed by atoms with Crippen LogP contribution in [-0.4, -0.2) is 5.11 Å². The van der Waals surface area contributed by atoms with Gasteiger partial charge in [-0.25, -0.2) is 0 Å². The Balaban J connectivity index is 3.21. The monoisotopic (exact) mass is 162 g/mol. The molecule has 0 heterocycles. The van der Waals surface area contributed by atoms with Crippen LogP contribution in [0.25, 0.3) is 6.08 Å². The third-order valence-electron chi connectivity index (χ3n) is 1.87. The van der Waals surface area contributed by atoms with Gasteiger partial charge in [0, 0.05) is 0 Å². The van der Waals surface area contributed by atoms with E-state index in [-0.39, 0.29) is 0 Å². The highest BCUT2D eigenvalue weighted by molar-refractivity contribution is 5.55. The zero-order chi connectivity index (χ0) is 9.14. The Labute approximate surface area is 73.4 Å². The fraction of sp³-hybridized carbons (Fsp3) is 0.273. The highest BCUT2D eigenvalue weighted by Gasteiger charge is 2.00. The molecule has 1 aromatic carbocycles. The van der Waals surface area contributed by atoms with E-state index in [4.69, 9.17) is 0 Å². The van der Waals surface area contributed by atoms with Gasteiger partial charge < -0.3 is 5.11 Å². The third-order valence-corrected chi connectivity index (χ3v) is 1.87. The first kappa shape index (κ1) is 8.85. The van der Waals surface area contributed by atoms with Gasteiger partial charge in [0.2, 0.25) is 0 Å². The topological polar surface area (TPSA) is 20.2 Å². The van der Waals surface area contributed by atoms with Crippen LogP contribution in [0.2, 0.25) is 0 Å². The van der Waals surface area contributed by atoms with E-state index in [2.05, 4.69) is 0 Å². The molecule has 0 aliphatic carbocycles. The van der Waals surface area contributed by atoms with Crippen molar-refractivity contribution in [3.63, 3.8) is 0 Å². The molecule has 0 aromatic heterocycles. The van der Waals surface area contributed by atoms with Gasteiger partial charge >= 0.3 is 0 Å². The molecule has 1 rings (SSSR count). The first-order valence-electron chi connectivity index (χ1n) is 4.08. The molecule has 0 atom stereocenters. The zero-order valence-electron chi connectivity index (χ0n) is 7.76. The molecule has 0 aliphatic rings. The molecule has 12 heavy (non-hydrogen) atoms.